The lowest BCUT2D eigenvalue weighted by atomic mass is 9.96. The minimum Gasteiger partial charge on any atom is -0.469 e. The third-order valence-electron chi connectivity index (χ3n) is 8.32. The molecule has 0 amide bonds. The Morgan fingerprint density at radius 3 is 1.62 bits per heavy atom. The summed E-state index contributed by atoms with van der Waals surface area (Å²) in [6, 6.07) is 0. The van der Waals surface area contributed by atoms with Crippen LogP contribution in [0.3, 0.4) is 0 Å². The molecule has 3 heterocycles. The number of aliphatic hydroxyl groups excluding tert-OH is 9. The number of unbranched alkanes of at least 4 members (excludes halogenated alkanes) is 5. The second-order valence-electron chi connectivity index (χ2n) is 11.6. The van der Waals surface area contributed by atoms with Crippen LogP contribution in [0.1, 0.15) is 51.9 Å². The van der Waals surface area contributed by atoms with Gasteiger partial charge in [-0.1, -0.05) is 25.7 Å². The third kappa shape index (κ3) is 9.94. The Morgan fingerprint density at radius 1 is 0.600 bits per heavy atom. The van der Waals surface area contributed by atoms with E-state index in [4.69, 9.17) is 28.4 Å². The Hall–Kier alpha value is -1.13. The van der Waals surface area contributed by atoms with E-state index in [0.717, 1.165) is 32.1 Å². The van der Waals surface area contributed by atoms with Crippen molar-refractivity contribution >= 4 is 5.97 Å². The van der Waals surface area contributed by atoms with Crippen LogP contribution in [0.5, 0.6) is 0 Å². The molecule has 3 fully saturated rings. The molecule has 0 spiro atoms. The van der Waals surface area contributed by atoms with E-state index < -0.39 is 105 Å². The van der Waals surface area contributed by atoms with Crippen molar-refractivity contribution in [2.45, 2.75) is 144 Å². The Balaban J connectivity index is 1.50. The molecule has 0 radical (unpaired) electrons. The molecule has 3 rings (SSSR count). The molecule has 0 unspecified atom stereocenters. The van der Waals surface area contributed by atoms with Gasteiger partial charge in [0.05, 0.1) is 26.4 Å². The van der Waals surface area contributed by atoms with Gasteiger partial charge < -0.3 is 79.1 Å². The molecular formula is C28H50O17. The van der Waals surface area contributed by atoms with Crippen molar-refractivity contribution in [2.75, 3.05) is 26.9 Å². The smallest absolute Gasteiger partial charge is 0.305 e. The lowest BCUT2D eigenvalue weighted by Gasteiger charge is -2.48. The number of carbonyl (C=O) groups is 1. The van der Waals surface area contributed by atoms with Crippen LogP contribution in [0.4, 0.5) is 0 Å². The number of carbonyl (C=O) groups excluding carboxylic acids is 1. The molecule has 0 aromatic carbocycles. The summed E-state index contributed by atoms with van der Waals surface area (Å²) in [6.45, 7) is 0.177. The number of hydrogen-bond acceptors (Lipinski definition) is 17. The quantitative estimate of drug-likeness (QED) is 0.0572. The van der Waals surface area contributed by atoms with Crippen molar-refractivity contribution in [1.29, 1.82) is 0 Å². The summed E-state index contributed by atoms with van der Waals surface area (Å²) in [7, 11) is 1.36. The van der Waals surface area contributed by atoms with Crippen molar-refractivity contribution in [3.05, 3.63) is 0 Å². The summed E-state index contributed by atoms with van der Waals surface area (Å²) < 4.78 is 38.0. The molecule has 0 aromatic rings. The number of hydrogen-bond donors (Lipinski definition) is 9. The zero-order valence-electron chi connectivity index (χ0n) is 25.5. The van der Waals surface area contributed by atoms with E-state index >= 15 is 0 Å². The van der Waals surface area contributed by atoms with Gasteiger partial charge in [-0.05, 0) is 19.8 Å². The fourth-order valence-corrected chi connectivity index (χ4v) is 5.51. The van der Waals surface area contributed by atoms with E-state index in [0.29, 0.717) is 12.8 Å². The van der Waals surface area contributed by atoms with Crippen molar-refractivity contribution in [3.8, 4) is 0 Å². The first kappa shape index (κ1) is 38.3. The third-order valence-corrected chi connectivity index (χ3v) is 8.32. The maximum atomic E-state index is 11.1. The van der Waals surface area contributed by atoms with E-state index in [1.807, 2.05) is 0 Å². The van der Waals surface area contributed by atoms with Crippen LogP contribution in [0.2, 0.25) is 0 Å². The summed E-state index contributed by atoms with van der Waals surface area (Å²) in [6.07, 6.45) is -17.5. The first-order valence-corrected chi connectivity index (χ1v) is 15.4. The van der Waals surface area contributed by atoms with Gasteiger partial charge in [-0.3, -0.25) is 4.79 Å². The Bertz CT molecular complexity index is 863. The minimum atomic E-state index is -1.86. The van der Waals surface area contributed by atoms with E-state index in [1.54, 1.807) is 0 Å². The van der Waals surface area contributed by atoms with E-state index in [2.05, 4.69) is 4.74 Å². The van der Waals surface area contributed by atoms with Crippen molar-refractivity contribution in [2.24, 2.45) is 0 Å². The number of methoxy groups -OCH3 is 1. The topological polar surface area (TPSA) is 264 Å². The lowest BCUT2D eigenvalue weighted by Crippen LogP contribution is -2.66. The Labute approximate surface area is 261 Å². The maximum Gasteiger partial charge on any atom is 0.305 e. The van der Waals surface area contributed by atoms with Crippen LogP contribution in [0.15, 0.2) is 0 Å². The summed E-state index contributed by atoms with van der Waals surface area (Å²) >= 11 is 0. The minimum absolute atomic E-state index is 0.199. The van der Waals surface area contributed by atoms with Crippen molar-refractivity contribution in [3.63, 3.8) is 0 Å². The molecule has 3 saturated heterocycles. The van der Waals surface area contributed by atoms with Crippen LogP contribution in [0.25, 0.3) is 0 Å². The summed E-state index contributed by atoms with van der Waals surface area (Å²) in [5, 5.41) is 93.2. The SMILES string of the molecule is COC(=O)CCCCCCCCO[C@@H]1O[C@H](CO)[C@@H](O[C@@H]2O[C@H](CO)[C@H](O[C@H]3O[C@H](C)[C@H](O)[C@H](O)[C@H]3O)[C@H](O)[C@H]2O)[C@H](O)[C@H]1O. The van der Waals surface area contributed by atoms with Gasteiger partial charge in [0, 0.05) is 13.0 Å². The van der Waals surface area contributed by atoms with Gasteiger partial charge in [0.15, 0.2) is 18.9 Å². The Morgan fingerprint density at radius 2 is 1.07 bits per heavy atom. The Kier molecular flexibility index (Phi) is 15.7. The summed E-state index contributed by atoms with van der Waals surface area (Å²) in [5.74, 6) is -0.232. The molecule has 15 atom stereocenters. The molecule has 45 heavy (non-hydrogen) atoms. The fourth-order valence-electron chi connectivity index (χ4n) is 5.51. The average molecular weight is 659 g/mol. The van der Waals surface area contributed by atoms with Gasteiger partial charge in [-0.2, -0.15) is 0 Å². The average Bonchev–Trinajstić information content (AvgIpc) is 3.03. The maximum absolute atomic E-state index is 11.1. The lowest BCUT2D eigenvalue weighted by molar-refractivity contribution is -0.378. The second kappa shape index (κ2) is 18.4. The molecule has 0 saturated carbocycles. The summed E-state index contributed by atoms with van der Waals surface area (Å²) in [4.78, 5) is 11.1. The van der Waals surface area contributed by atoms with Gasteiger partial charge in [-0.15, -0.1) is 0 Å². The van der Waals surface area contributed by atoms with Gasteiger partial charge in [0.1, 0.15) is 67.1 Å². The second-order valence-corrected chi connectivity index (χ2v) is 11.6. The molecule has 264 valence electrons. The highest BCUT2D eigenvalue weighted by Gasteiger charge is 2.53. The predicted octanol–water partition coefficient (Wildman–Crippen LogP) is -3.62. The van der Waals surface area contributed by atoms with Crippen LogP contribution < -0.4 is 0 Å². The molecular weight excluding hydrogens is 608 g/mol. The van der Waals surface area contributed by atoms with Crippen LogP contribution in [0, 0.1) is 0 Å². The first-order valence-electron chi connectivity index (χ1n) is 15.4. The molecule has 3 aliphatic heterocycles. The number of ether oxygens (including phenoxy) is 7. The van der Waals surface area contributed by atoms with Gasteiger partial charge in [0.2, 0.25) is 0 Å². The highest BCUT2D eigenvalue weighted by atomic mass is 16.8. The monoisotopic (exact) mass is 658 g/mol. The predicted molar refractivity (Wildman–Crippen MR) is 148 cm³/mol. The zero-order valence-corrected chi connectivity index (χ0v) is 25.5. The molecule has 0 aromatic heterocycles. The van der Waals surface area contributed by atoms with Crippen molar-refractivity contribution < 1.29 is 83.9 Å². The highest BCUT2D eigenvalue weighted by Crippen LogP contribution is 2.32. The van der Waals surface area contributed by atoms with E-state index in [-0.39, 0.29) is 12.6 Å². The van der Waals surface area contributed by atoms with Crippen LogP contribution in [-0.2, 0) is 38.0 Å². The van der Waals surface area contributed by atoms with Gasteiger partial charge in [-0.25, -0.2) is 0 Å². The molecule has 0 aliphatic carbocycles. The number of esters is 1. The van der Waals surface area contributed by atoms with Crippen molar-refractivity contribution in [1.82, 2.24) is 0 Å². The normalized spacial score (nSPS) is 42.4. The number of aliphatic hydroxyl groups is 9. The molecule has 9 N–H and O–H groups in total. The molecule has 0 bridgehead atoms. The standard InChI is InChI=1S/C28H50O17/c1-13-17(32)18(33)21(36)27(41-13)44-25-15(12-30)43-28(23(38)20(25)35)45-24-14(11-29)42-26(22(37)19(24)34)40-10-8-6-4-3-5-7-9-16(31)39-2/h13-15,17-30,32-38H,3-12H2,1-2H3/t13-,14-,15-,17+,18+,19-,20-,21-,22-,23-,24-,25+,26-,27-,28+/m1/s1. The first-order chi connectivity index (χ1) is 21.4. The highest BCUT2D eigenvalue weighted by molar-refractivity contribution is 5.68. The zero-order chi connectivity index (χ0) is 33.3. The van der Waals surface area contributed by atoms with Crippen LogP contribution >= 0.6 is 0 Å². The van der Waals surface area contributed by atoms with Crippen LogP contribution in [-0.4, -0.2) is 171 Å². The van der Waals surface area contributed by atoms with Gasteiger partial charge in [0.25, 0.3) is 0 Å². The van der Waals surface area contributed by atoms with E-state index in [9.17, 15) is 50.8 Å². The summed E-state index contributed by atoms with van der Waals surface area (Å²) in [5.41, 5.74) is 0. The molecule has 3 aliphatic rings. The fraction of sp³-hybridized carbons (Fsp3) is 0.964. The largest absolute Gasteiger partial charge is 0.469 e. The van der Waals surface area contributed by atoms with Gasteiger partial charge >= 0.3 is 5.97 Å². The molecule has 17 nitrogen and oxygen atoms in total. The molecule has 17 heteroatoms. The van der Waals surface area contributed by atoms with E-state index in [1.165, 1.54) is 14.0 Å². The number of rotatable bonds is 16.